The number of aromatic nitrogens is 1. The van der Waals surface area contributed by atoms with Crippen LogP contribution in [0, 0.1) is 6.92 Å². The molecule has 0 saturated carbocycles. The molecular weight excluding hydrogens is 230 g/mol. The molecule has 6 heteroatoms. The minimum absolute atomic E-state index is 0.0453. The molecule has 0 bridgehead atoms. The molecular formula is C11H14F2N2O2. The van der Waals surface area contributed by atoms with Gasteiger partial charge in [-0.2, -0.15) is 0 Å². The third-order valence-corrected chi connectivity index (χ3v) is 2.21. The summed E-state index contributed by atoms with van der Waals surface area (Å²) >= 11 is 0. The van der Waals surface area contributed by atoms with Crippen molar-refractivity contribution in [3.05, 3.63) is 28.6 Å². The van der Waals surface area contributed by atoms with Gasteiger partial charge >= 0.3 is 5.97 Å². The van der Waals surface area contributed by atoms with Gasteiger partial charge < -0.3 is 10.5 Å². The van der Waals surface area contributed by atoms with Crippen LogP contribution in [0.3, 0.4) is 0 Å². The van der Waals surface area contributed by atoms with Gasteiger partial charge in [-0.05, 0) is 19.9 Å². The number of nitrogens with two attached hydrogens (primary N) is 1. The van der Waals surface area contributed by atoms with E-state index in [-0.39, 0.29) is 30.0 Å². The number of hydrogen-bond acceptors (Lipinski definition) is 4. The van der Waals surface area contributed by atoms with E-state index >= 15 is 0 Å². The Kier molecular flexibility index (Phi) is 4.51. The maximum atomic E-state index is 12.8. The summed E-state index contributed by atoms with van der Waals surface area (Å²) in [7, 11) is 0. The Morgan fingerprint density at radius 2 is 2.24 bits per heavy atom. The summed E-state index contributed by atoms with van der Waals surface area (Å²) in [6, 6.07) is 1.14. The van der Waals surface area contributed by atoms with E-state index in [1.807, 2.05) is 0 Å². The minimum Gasteiger partial charge on any atom is -0.462 e. The topological polar surface area (TPSA) is 65.2 Å². The number of alkyl halides is 2. The maximum Gasteiger partial charge on any atom is 0.340 e. The van der Waals surface area contributed by atoms with Gasteiger partial charge in [0.2, 0.25) is 0 Å². The van der Waals surface area contributed by atoms with Gasteiger partial charge in [-0.15, -0.1) is 0 Å². The molecule has 0 radical (unpaired) electrons. The van der Waals surface area contributed by atoms with E-state index in [2.05, 4.69) is 4.98 Å². The second kappa shape index (κ2) is 5.67. The molecule has 0 aromatic carbocycles. The average Bonchev–Trinajstić information content (AvgIpc) is 2.27. The van der Waals surface area contributed by atoms with E-state index in [0.29, 0.717) is 5.69 Å². The second-order valence-electron chi connectivity index (χ2n) is 3.39. The molecule has 1 aromatic heterocycles. The number of esters is 1. The van der Waals surface area contributed by atoms with E-state index in [4.69, 9.17) is 10.5 Å². The molecule has 1 rings (SSSR count). The SMILES string of the molecule is CCOC(=O)c1c(C(F)F)cc(CN)nc1C. The molecule has 0 fully saturated rings. The van der Waals surface area contributed by atoms with E-state index in [1.54, 1.807) is 6.92 Å². The minimum atomic E-state index is -2.76. The summed E-state index contributed by atoms with van der Waals surface area (Å²) < 4.78 is 30.4. The van der Waals surface area contributed by atoms with Gasteiger partial charge in [0.1, 0.15) is 0 Å². The number of carbonyl (C=O) groups excluding carboxylic acids is 1. The van der Waals surface area contributed by atoms with Gasteiger partial charge in [0.25, 0.3) is 6.43 Å². The van der Waals surface area contributed by atoms with Crippen molar-refractivity contribution >= 4 is 5.97 Å². The molecule has 0 spiro atoms. The van der Waals surface area contributed by atoms with Crippen LogP contribution in [0.1, 0.15) is 40.7 Å². The van der Waals surface area contributed by atoms with E-state index in [0.717, 1.165) is 6.07 Å². The smallest absolute Gasteiger partial charge is 0.340 e. The Morgan fingerprint density at radius 3 is 2.71 bits per heavy atom. The van der Waals surface area contributed by atoms with Gasteiger partial charge in [0, 0.05) is 12.1 Å². The maximum absolute atomic E-state index is 12.8. The van der Waals surface area contributed by atoms with Crippen molar-refractivity contribution in [1.82, 2.24) is 4.98 Å². The normalized spacial score (nSPS) is 10.7. The summed E-state index contributed by atoms with van der Waals surface area (Å²) in [5, 5.41) is 0. The van der Waals surface area contributed by atoms with Gasteiger partial charge in [-0.25, -0.2) is 13.6 Å². The lowest BCUT2D eigenvalue weighted by Gasteiger charge is -2.12. The van der Waals surface area contributed by atoms with Crippen LogP contribution >= 0.6 is 0 Å². The van der Waals surface area contributed by atoms with Crippen molar-refractivity contribution in [2.75, 3.05) is 6.61 Å². The van der Waals surface area contributed by atoms with Crippen molar-refractivity contribution in [2.45, 2.75) is 26.8 Å². The molecule has 1 aromatic rings. The molecule has 0 aliphatic heterocycles. The van der Waals surface area contributed by atoms with E-state index in [1.165, 1.54) is 6.92 Å². The first-order valence-corrected chi connectivity index (χ1v) is 5.17. The zero-order valence-corrected chi connectivity index (χ0v) is 9.67. The third kappa shape index (κ3) is 2.97. The molecule has 1 heterocycles. The Labute approximate surface area is 97.8 Å². The molecule has 0 amide bonds. The van der Waals surface area contributed by atoms with E-state index in [9.17, 15) is 13.6 Å². The van der Waals surface area contributed by atoms with Crippen LogP contribution in [0.5, 0.6) is 0 Å². The van der Waals surface area contributed by atoms with Crippen LogP contribution < -0.4 is 5.73 Å². The monoisotopic (exact) mass is 244 g/mol. The van der Waals surface area contributed by atoms with Crippen LogP contribution in [0.4, 0.5) is 8.78 Å². The van der Waals surface area contributed by atoms with Crippen molar-refractivity contribution < 1.29 is 18.3 Å². The fourth-order valence-corrected chi connectivity index (χ4v) is 1.51. The summed E-state index contributed by atoms with van der Waals surface area (Å²) in [4.78, 5) is 15.5. The molecule has 94 valence electrons. The Hall–Kier alpha value is -1.56. The molecule has 17 heavy (non-hydrogen) atoms. The highest BCUT2D eigenvalue weighted by Crippen LogP contribution is 2.26. The van der Waals surface area contributed by atoms with Gasteiger partial charge in [-0.3, -0.25) is 4.98 Å². The number of aryl methyl sites for hydroxylation is 1. The number of rotatable bonds is 4. The molecule has 0 saturated heterocycles. The van der Waals surface area contributed by atoms with Crippen molar-refractivity contribution in [2.24, 2.45) is 5.73 Å². The van der Waals surface area contributed by atoms with Crippen LogP contribution in [-0.2, 0) is 11.3 Å². The van der Waals surface area contributed by atoms with Gasteiger partial charge in [0.05, 0.1) is 23.6 Å². The third-order valence-electron chi connectivity index (χ3n) is 2.21. The fourth-order valence-electron chi connectivity index (χ4n) is 1.51. The molecule has 0 unspecified atom stereocenters. The first kappa shape index (κ1) is 13.5. The molecule has 0 aliphatic carbocycles. The molecule has 0 atom stereocenters. The van der Waals surface area contributed by atoms with Crippen molar-refractivity contribution in [3.63, 3.8) is 0 Å². The van der Waals surface area contributed by atoms with Crippen LogP contribution in [0.25, 0.3) is 0 Å². The van der Waals surface area contributed by atoms with Crippen LogP contribution in [-0.4, -0.2) is 17.6 Å². The Morgan fingerprint density at radius 1 is 1.59 bits per heavy atom. The quantitative estimate of drug-likeness (QED) is 0.822. The van der Waals surface area contributed by atoms with Crippen molar-refractivity contribution in [1.29, 1.82) is 0 Å². The lowest BCUT2D eigenvalue weighted by Crippen LogP contribution is -2.14. The van der Waals surface area contributed by atoms with Gasteiger partial charge in [-0.1, -0.05) is 0 Å². The first-order valence-electron chi connectivity index (χ1n) is 5.17. The highest BCUT2D eigenvalue weighted by atomic mass is 19.3. The molecule has 2 N–H and O–H groups in total. The number of carbonyl (C=O) groups is 1. The Balaban J connectivity index is 3.31. The number of pyridine rings is 1. The number of ether oxygens (including phenoxy) is 1. The van der Waals surface area contributed by atoms with Gasteiger partial charge in [0.15, 0.2) is 0 Å². The lowest BCUT2D eigenvalue weighted by molar-refractivity contribution is 0.0513. The highest BCUT2D eigenvalue weighted by molar-refractivity contribution is 5.92. The first-order chi connectivity index (χ1) is 8.01. The summed E-state index contributed by atoms with van der Waals surface area (Å²) in [6.07, 6.45) is -2.76. The summed E-state index contributed by atoms with van der Waals surface area (Å²) in [5.41, 5.74) is 5.34. The number of nitrogens with zero attached hydrogens (tertiary/aromatic N) is 1. The standard InChI is InChI=1S/C11H14F2N2O2/c1-3-17-11(16)9-6(2)15-7(5-14)4-8(9)10(12)13/h4,10H,3,5,14H2,1-2H3. The Bertz CT molecular complexity index is 422. The highest BCUT2D eigenvalue weighted by Gasteiger charge is 2.23. The zero-order valence-electron chi connectivity index (χ0n) is 9.67. The fraction of sp³-hybridized carbons (Fsp3) is 0.455. The predicted molar refractivity (Wildman–Crippen MR) is 57.8 cm³/mol. The predicted octanol–water partition coefficient (Wildman–Crippen LogP) is 1.96. The van der Waals surface area contributed by atoms with Crippen LogP contribution in [0.15, 0.2) is 6.07 Å². The van der Waals surface area contributed by atoms with E-state index < -0.39 is 12.4 Å². The second-order valence-corrected chi connectivity index (χ2v) is 3.39. The van der Waals surface area contributed by atoms with Crippen LogP contribution in [0.2, 0.25) is 0 Å². The lowest BCUT2D eigenvalue weighted by atomic mass is 10.1. The average molecular weight is 244 g/mol. The number of hydrogen-bond donors (Lipinski definition) is 1. The number of halogens is 2. The zero-order chi connectivity index (χ0) is 13.0. The largest absolute Gasteiger partial charge is 0.462 e. The summed E-state index contributed by atoms with van der Waals surface area (Å²) in [5.74, 6) is -0.781. The van der Waals surface area contributed by atoms with Crippen molar-refractivity contribution in [3.8, 4) is 0 Å². The molecule has 4 nitrogen and oxygen atoms in total. The molecule has 0 aliphatic rings. The summed E-state index contributed by atoms with van der Waals surface area (Å²) in [6.45, 7) is 3.26.